The second-order valence-corrected chi connectivity index (χ2v) is 11.2. The number of carbonyl (C=O) groups excluding carboxylic acids is 1. The van der Waals surface area contributed by atoms with Gasteiger partial charge in [0.15, 0.2) is 0 Å². The topological polar surface area (TPSA) is 90.3 Å². The lowest BCUT2D eigenvalue weighted by atomic mass is 9.86. The average molecular weight is 454 g/mol. The Morgan fingerprint density at radius 2 is 1.66 bits per heavy atom. The Bertz CT molecular complexity index is 1070. The van der Waals surface area contributed by atoms with E-state index in [2.05, 4.69) is 50.4 Å². The van der Waals surface area contributed by atoms with E-state index in [4.69, 9.17) is 5.26 Å². The first-order chi connectivity index (χ1) is 15.1. The van der Waals surface area contributed by atoms with Crippen molar-refractivity contribution in [3.63, 3.8) is 0 Å². The van der Waals surface area contributed by atoms with Crippen molar-refractivity contribution in [2.45, 2.75) is 50.3 Å². The molecule has 1 amide bonds. The number of piperidine rings is 1. The SMILES string of the molecule is CC(C)(C)c1ccc(CCNC(=O)C2CCN(S(=O)(=O)c3ccc(C#N)cc3)CC2)cc1. The molecule has 6 nitrogen and oxygen atoms in total. The van der Waals surface area contributed by atoms with Gasteiger partial charge in [-0.1, -0.05) is 45.0 Å². The summed E-state index contributed by atoms with van der Waals surface area (Å²) < 4.78 is 27.1. The summed E-state index contributed by atoms with van der Waals surface area (Å²) in [7, 11) is -3.61. The number of carbonyl (C=O) groups is 1. The lowest BCUT2D eigenvalue weighted by Crippen LogP contribution is -2.43. The highest BCUT2D eigenvalue weighted by Crippen LogP contribution is 2.25. The van der Waals surface area contributed by atoms with Crippen LogP contribution in [0.2, 0.25) is 0 Å². The zero-order chi connectivity index (χ0) is 23.4. The predicted octanol–water partition coefficient (Wildman–Crippen LogP) is 3.62. The van der Waals surface area contributed by atoms with Gasteiger partial charge in [-0.3, -0.25) is 4.79 Å². The van der Waals surface area contributed by atoms with Gasteiger partial charge in [-0.05, 0) is 60.1 Å². The molecule has 1 aliphatic heterocycles. The summed E-state index contributed by atoms with van der Waals surface area (Å²) in [5.41, 5.74) is 3.01. The first-order valence-corrected chi connectivity index (χ1v) is 12.4. The van der Waals surface area contributed by atoms with Crippen molar-refractivity contribution in [1.29, 1.82) is 5.26 Å². The Morgan fingerprint density at radius 1 is 1.06 bits per heavy atom. The summed E-state index contributed by atoms with van der Waals surface area (Å²) in [4.78, 5) is 12.7. The van der Waals surface area contributed by atoms with E-state index in [0.29, 0.717) is 38.0 Å². The number of hydrogen-bond acceptors (Lipinski definition) is 4. The molecule has 0 radical (unpaired) electrons. The minimum Gasteiger partial charge on any atom is -0.356 e. The molecule has 0 spiro atoms. The van der Waals surface area contributed by atoms with Crippen LogP contribution in [0.25, 0.3) is 0 Å². The molecule has 1 saturated heterocycles. The Morgan fingerprint density at radius 3 is 2.19 bits per heavy atom. The molecule has 0 aliphatic carbocycles. The van der Waals surface area contributed by atoms with E-state index in [1.165, 1.54) is 39.7 Å². The lowest BCUT2D eigenvalue weighted by Gasteiger charge is -2.30. The maximum Gasteiger partial charge on any atom is 0.243 e. The van der Waals surface area contributed by atoms with Crippen LogP contribution < -0.4 is 5.32 Å². The van der Waals surface area contributed by atoms with Gasteiger partial charge < -0.3 is 5.32 Å². The number of amides is 1. The van der Waals surface area contributed by atoms with Gasteiger partial charge >= 0.3 is 0 Å². The molecule has 1 fully saturated rings. The van der Waals surface area contributed by atoms with Crippen LogP contribution in [0, 0.1) is 17.2 Å². The third kappa shape index (κ3) is 5.76. The molecule has 1 aliphatic rings. The molecule has 0 bridgehead atoms. The molecule has 0 aromatic heterocycles. The zero-order valence-electron chi connectivity index (χ0n) is 19.0. The minimum absolute atomic E-state index is 0.00765. The first kappa shape index (κ1) is 24.0. The van der Waals surface area contributed by atoms with Crippen molar-refractivity contribution in [2.24, 2.45) is 5.92 Å². The Kier molecular flexibility index (Phi) is 7.37. The van der Waals surface area contributed by atoms with Gasteiger partial charge in [0.2, 0.25) is 15.9 Å². The van der Waals surface area contributed by atoms with Gasteiger partial charge in [0.05, 0.1) is 16.5 Å². The van der Waals surface area contributed by atoms with Crippen molar-refractivity contribution in [3.8, 4) is 6.07 Å². The van der Waals surface area contributed by atoms with Gasteiger partial charge in [-0.25, -0.2) is 8.42 Å². The third-order valence-corrected chi connectivity index (χ3v) is 7.89. The van der Waals surface area contributed by atoms with Crippen molar-refractivity contribution in [3.05, 3.63) is 65.2 Å². The number of rotatable bonds is 6. The number of benzene rings is 2. The van der Waals surface area contributed by atoms with E-state index in [1.807, 2.05) is 6.07 Å². The van der Waals surface area contributed by atoms with Gasteiger partial charge in [0.1, 0.15) is 0 Å². The molecule has 170 valence electrons. The quantitative estimate of drug-likeness (QED) is 0.723. The van der Waals surface area contributed by atoms with Crippen molar-refractivity contribution >= 4 is 15.9 Å². The highest BCUT2D eigenvalue weighted by atomic mass is 32.2. The number of sulfonamides is 1. The van der Waals surface area contributed by atoms with Gasteiger partial charge in [-0.15, -0.1) is 0 Å². The molecule has 0 atom stereocenters. The highest BCUT2D eigenvalue weighted by Gasteiger charge is 2.32. The first-order valence-electron chi connectivity index (χ1n) is 11.0. The van der Waals surface area contributed by atoms with Crippen LogP contribution in [0.4, 0.5) is 0 Å². The molecular weight excluding hydrogens is 422 g/mol. The summed E-state index contributed by atoms with van der Waals surface area (Å²) in [6.07, 6.45) is 1.77. The fraction of sp³-hybridized carbons (Fsp3) is 0.440. The van der Waals surface area contributed by atoms with Gasteiger partial charge in [-0.2, -0.15) is 9.57 Å². The number of hydrogen-bond donors (Lipinski definition) is 1. The molecule has 1 N–H and O–H groups in total. The largest absolute Gasteiger partial charge is 0.356 e. The van der Waals surface area contributed by atoms with Crippen LogP contribution >= 0.6 is 0 Å². The summed E-state index contributed by atoms with van der Waals surface area (Å²) in [6.45, 7) is 7.75. The fourth-order valence-corrected chi connectivity index (χ4v) is 5.32. The standard InChI is InChI=1S/C25H31N3O3S/c1-25(2,3)22-8-4-19(5-9-22)12-15-27-24(29)21-13-16-28(17-14-21)32(30,31)23-10-6-20(18-26)7-11-23/h4-11,21H,12-17H2,1-3H3,(H,27,29). The van der Waals surface area contributed by atoms with E-state index < -0.39 is 10.0 Å². The maximum absolute atomic E-state index is 12.8. The minimum atomic E-state index is -3.61. The van der Waals surface area contributed by atoms with Crippen LogP contribution in [0.3, 0.4) is 0 Å². The molecular formula is C25H31N3O3S. The van der Waals surface area contributed by atoms with Crippen LogP contribution in [-0.4, -0.2) is 38.3 Å². The predicted molar refractivity (Wildman–Crippen MR) is 124 cm³/mol. The van der Waals surface area contributed by atoms with Crippen LogP contribution in [0.15, 0.2) is 53.4 Å². The number of nitriles is 1. The Hall–Kier alpha value is -2.69. The summed E-state index contributed by atoms with van der Waals surface area (Å²) >= 11 is 0. The van der Waals surface area contributed by atoms with E-state index in [1.54, 1.807) is 0 Å². The zero-order valence-corrected chi connectivity index (χ0v) is 19.8. The van der Waals surface area contributed by atoms with E-state index in [9.17, 15) is 13.2 Å². The molecule has 2 aromatic carbocycles. The van der Waals surface area contributed by atoms with Crippen molar-refractivity contribution < 1.29 is 13.2 Å². The molecule has 0 unspecified atom stereocenters. The van der Waals surface area contributed by atoms with Crippen LogP contribution in [-0.2, 0) is 26.7 Å². The highest BCUT2D eigenvalue weighted by molar-refractivity contribution is 7.89. The number of nitrogens with one attached hydrogen (secondary N) is 1. The third-order valence-electron chi connectivity index (χ3n) is 5.98. The fourth-order valence-electron chi connectivity index (χ4n) is 3.85. The molecule has 32 heavy (non-hydrogen) atoms. The van der Waals surface area contributed by atoms with Crippen molar-refractivity contribution in [2.75, 3.05) is 19.6 Å². The summed E-state index contributed by atoms with van der Waals surface area (Å²) in [5, 5.41) is 11.9. The summed E-state index contributed by atoms with van der Waals surface area (Å²) in [6, 6.07) is 16.4. The molecule has 0 saturated carbocycles. The van der Waals surface area contributed by atoms with Crippen molar-refractivity contribution in [1.82, 2.24) is 9.62 Å². The van der Waals surface area contributed by atoms with Crippen LogP contribution in [0.1, 0.15) is 50.3 Å². The van der Waals surface area contributed by atoms with E-state index in [-0.39, 0.29) is 22.1 Å². The van der Waals surface area contributed by atoms with Gasteiger partial charge in [0, 0.05) is 25.6 Å². The Labute approximate surface area is 191 Å². The summed E-state index contributed by atoms with van der Waals surface area (Å²) in [5.74, 6) is -0.183. The molecule has 1 heterocycles. The van der Waals surface area contributed by atoms with Gasteiger partial charge in [0.25, 0.3) is 0 Å². The number of nitrogens with zero attached hydrogens (tertiary/aromatic N) is 2. The van der Waals surface area contributed by atoms with Crippen LogP contribution in [0.5, 0.6) is 0 Å². The maximum atomic E-state index is 12.8. The second-order valence-electron chi connectivity index (χ2n) is 9.30. The molecule has 2 aromatic rings. The van der Waals surface area contributed by atoms with E-state index in [0.717, 1.165) is 6.42 Å². The van der Waals surface area contributed by atoms with E-state index >= 15 is 0 Å². The lowest BCUT2D eigenvalue weighted by molar-refractivity contribution is -0.126. The monoisotopic (exact) mass is 453 g/mol. The second kappa shape index (κ2) is 9.85. The Balaban J connectivity index is 1.47. The normalized spacial score (nSPS) is 15.8. The molecule has 7 heteroatoms. The smallest absolute Gasteiger partial charge is 0.243 e. The molecule has 3 rings (SSSR count). The average Bonchev–Trinajstić information content (AvgIpc) is 2.79.